The second kappa shape index (κ2) is 6.44. The predicted molar refractivity (Wildman–Crippen MR) is 83.5 cm³/mol. The first-order chi connectivity index (χ1) is 9.80. The number of aliphatic carboxylic acids is 1. The minimum absolute atomic E-state index is 0.146. The van der Waals surface area contributed by atoms with Crippen LogP contribution >= 0.6 is 15.9 Å². The Bertz CT molecular complexity index is 533. The van der Waals surface area contributed by atoms with E-state index in [0.29, 0.717) is 4.47 Å². The Hall–Kier alpha value is -0.940. The van der Waals surface area contributed by atoms with E-state index >= 15 is 0 Å². The Kier molecular flexibility index (Phi) is 5.04. The molecule has 1 heterocycles. The van der Waals surface area contributed by atoms with Gasteiger partial charge in [-0.3, -0.25) is 9.69 Å². The maximum Gasteiger partial charge on any atom is 0.309 e. The van der Waals surface area contributed by atoms with Gasteiger partial charge in [0.25, 0.3) is 0 Å². The van der Waals surface area contributed by atoms with E-state index in [1.165, 1.54) is 6.07 Å². The van der Waals surface area contributed by atoms with Crippen molar-refractivity contribution in [3.63, 3.8) is 0 Å². The molecule has 0 aliphatic carbocycles. The molecule has 5 heteroatoms. The molecule has 1 aromatic rings. The van der Waals surface area contributed by atoms with E-state index < -0.39 is 11.4 Å². The molecule has 21 heavy (non-hydrogen) atoms. The van der Waals surface area contributed by atoms with Crippen LogP contribution in [0, 0.1) is 17.2 Å². The van der Waals surface area contributed by atoms with Crippen LogP contribution in [0.2, 0.25) is 0 Å². The number of halogens is 2. The standard InChI is InChI=1S/C16H21BrFNO2/c1-16(2,15(20)21)12-4-3-7-19(10-12)9-11-5-6-14(18)13(17)8-11/h5-6,8,12H,3-4,7,9-10H2,1-2H3,(H,20,21). The van der Waals surface area contributed by atoms with E-state index in [-0.39, 0.29) is 11.7 Å². The zero-order valence-electron chi connectivity index (χ0n) is 12.4. The maximum absolute atomic E-state index is 13.3. The van der Waals surface area contributed by atoms with E-state index in [4.69, 9.17) is 0 Å². The average molecular weight is 358 g/mol. The van der Waals surface area contributed by atoms with Crippen LogP contribution in [0.1, 0.15) is 32.3 Å². The second-order valence-corrected chi connectivity index (χ2v) is 7.20. The number of hydrogen-bond acceptors (Lipinski definition) is 2. The Morgan fingerprint density at radius 1 is 1.52 bits per heavy atom. The van der Waals surface area contributed by atoms with E-state index in [1.807, 2.05) is 0 Å². The lowest BCUT2D eigenvalue weighted by atomic mass is 9.74. The van der Waals surface area contributed by atoms with Gasteiger partial charge >= 0.3 is 5.97 Å². The number of carboxylic acid groups (broad SMARTS) is 1. The summed E-state index contributed by atoms with van der Waals surface area (Å²) < 4.78 is 13.7. The minimum atomic E-state index is -0.737. The zero-order chi connectivity index (χ0) is 15.6. The molecule has 116 valence electrons. The fourth-order valence-electron chi connectivity index (χ4n) is 2.86. The average Bonchev–Trinajstić information content (AvgIpc) is 2.43. The molecule has 1 atom stereocenters. The molecule has 0 amide bonds. The molecular formula is C16H21BrFNO2. The molecule has 1 N–H and O–H groups in total. The van der Waals surface area contributed by atoms with Gasteiger partial charge in [-0.05, 0) is 72.8 Å². The first kappa shape index (κ1) is 16.4. The number of benzene rings is 1. The lowest BCUT2D eigenvalue weighted by Gasteiger charge is -2.39. The summed E-state index contributed by atoms with van der Waals surface area (Å²) in [5, 5.41) is 9.37. The Balaban J connectivity index is 2.04. The Morgan fingerprint density at radius 2 is 2.24 bits per heavy atom. The van der Waals surface area contributed by atoms with Crippen LogP contribution in [0.3, 0.4) is 0 Å². The van der Waals surface area contributed by atoms with Gasteiger partial charge < -0.3 is 5.11 Å². The van der Waals surface area contributed by atoms with Crippen molar-refractivity contribution in [2.24, 2.45) is 11.3 Å². The number of likely N-dealkylation sites (tertiary alicyclic amines) is 1. The first-order valence-electron chi connectivity index (χ1n) is 7.20. The molecule has 0 saturated carbocycles. The van der Waals surface area contributed by atoms with Gasteiger partial charge in [-0.2, -0.15) is 0 Å². The lowest BCUT2D eigenvalue weighted by Crippen LogP contribution is -2.44. The molecule has 0 radical (unpaired) electrons. The fraction of sp³-hybridized carbons (Fsp3) is 0.562. The van der Waals surface area contributed by atoms with Crippen LogP contribution in [0.4, 0.5) is 4.39 Å². The van der Waals surface area contributed by atoms with Crippen LogP contribution in [-0.4, -0.2) is 29.1 Å². The van der Waals surface area contributed by atoms with Gasteiger partial charge in [0.1, 0.15) is 5.82 Å². The van der Waals surface area contributed by atoms with Crippen LogP contribution in [0.25, 0.3) is 0 Å². The quantitative estimate of drug-likeness (QED) is 0.887. The topological polar surface area (TPSA) is 40.5 Å². The van der Waals surface area contributed by atoms with E-state index in [2.05, 4.69) is 20.8 Å². The molecule has 3 nitrogen and oxygen atoms in total. The summed E-state index contributed by atoms with van der Waals surface area (Å²) in [5.41, 5.74) is 0.333. The summed E-state index contributed by atoms with van der Waals surface area (Å²) in [4.78, 5) is 13.7. The van der Waals surface area contributed by atoms with Crippen LogP contribution in [-0.2, 0) is 11.3 Å². The van der Waals surface area contributed by atoms with Crippen molar-refractivity contribution in [2.75, 3.05) is 13.1 Å². The van der Waals surface area contributed by atoms with Crippen LogP contribution in [0.5, 0.6) is 0 Å². The molecule has 1 unspecified atom stereocenters. The van der Waals surface area contributed by atoms with Crippen LogP contribution < -0.4 is 0 Å². The third-order valence-corrected chi connectivity index (χ3v) is 5.08. The highest BCUT2D eigenvalue weighted by atomic mass is 79.9. The third kappa shape index (κ3) is 3.83. The molecule has 1 saturated heterocycles. The summed E-state index contributed by atoms with van der Waals surface area (Å²) in [6, 6.07) is 5.04. The summed E-state index contributed by atoms with van der Waals surface area (Å²) in [6.07, 6.45) is 1.95. The molecule has 1 aromatic carbocycles. The molecule has 0 spiro atoms. The largest absolute Gasteiger partial charge is 0.481 e. The molecule has 1 fully saturated rings. The van der Waals surface area contributed by atoms with Crippen molar-refractivity contribution in [3.05, 3.63) is 34.1 Å². The van der Waals surface area contributed by atoms with Gasteiger partial charge in [0.15, 0.2) is 0 Å². The molecule has 0 aromatic heterocycles. The second-order valence-electron chi connectivity index (χ2n) is 6.35. The highest BCUT2D eigenvalue weighted by Gasteiger charge is 2.38. The normalized spacial score (nSPS) is 20.5. The van der Waals surface area contributed by atoms with Gasteiger partial charge in [-0.1, -0.05) is 6.07 Å². The lowest BCUT2D eigenvalue weighted by molar-refractivity contribution is -0.151. The van der Waals surface area contributed by atoms with Crippen molar-refractivity contribution in [1.82, 2.24) is 4.90 Å². The number of piperidine rings is 1. The number of hydrogen-bond donors (Lipinski definition) is 1. The van der Waals surface area contributed by atoms with Crippen molar-refractivity contribution >= 4 is 21.9 Å². The van der Waals surface area contributed by atoms with Gasteiger partial charge in [0, 0.05) is 13.1 Å². The van der Waals surface area contributed by atoms with Crippen molar-refractivity contribution in [1.29, 1.82) is 0 Å². The first-order valence-corrected chi connectivity index (χ1v) is 7.99. The zero-order valence-corrected chi connectivity index (χ0v) is 14.0. The summed E-state index contributed by atoms with van der Waals surface area (Å²) >= 11 is 3.20. The SMILES string of the molecule is CC(C)(C(=O)O)C1CCCN(Cc2ccc(F)c(Br)c2)C1. The minimum Gasteiger partial charge on any atom is -0.481 e. The number of carboxylic acids is 1. The van der Waals surface area contributed by atoms with Gasteiger partial charge in [-0.15, -0.1) is 0 Å². The maximum atomic E-state index is 13.3. The summed E-state index contributed by atoms with van der Waals surface area (Å²) in [5.74, 6) is -0.853. The highest BCUT2D eigenvalue weighted by molar-refractivity contribution is 9.10. The van der Waals surface area contributed by atoms with Crippen molar-refractivity contribution in [3.8, 4) is 0 Å². The monoisotopic (exact) mass is 357 g/mol. The number of rotatable bonds is 4. The summed E-state index contributed by atoms with van der Waals surface area (Å²) in [7, 11) is 0. The molecular weight excluding hydrogens is 337 g/mol. The predicted octanol–water partition coefficient (Wildman–Crippen LogP) is 3.91. The fourth-order valence-corrected chi connectivity index (χ4v) is 3.29. The Morgan fingerprint density at radius 3 is 2.86 bits per heavy atom. The van der Waals surface area contributed by atoms with Crippen molar-refractivity contribution in [2.45, 2.75) is 33.2 Å². The van der Waals surface area contributed by atoms with Gasteiger partial charge in [0.05, 0.1) is 9.89 Å². The molecule has 0 bridgehead atoms. The number of carbonyl (C=O) groups is 1. The van der Waals surface area contributed by atoms with Crippen LogP contribution in [0.15, 0.2) is 22.7 Å². The molecule has 2 rings (SSSR count). The molecule has 1 aliphatic heterocycles. The summed E-state index contributed by atoms with van der Waals surface area (Å²) in [6.45, 7) is 6.07. The van der Waals surface area contributed by atoms with E-state index in [1.54, 1.807) is 26.0 Å². The number of nitrogens with zero attached hydrogens (tertiary/aromatic N) is 1. The highest BCUT2D eigenvalue weighted by Crippen LogP contribution is 2.34. The van der Waals surface area contributed by atoms with Gasteiger partial charge in [-0.25, -0.2) is 4.39 Å². The van der Waals surface area contributed by atoms with Gasteiger partial charge in [0.2, 0.25) is 0 Å². The third-order valence-electron chi connectivity index (χ3n) is 4.47. The van der Waals surface area contributed by atoms with E-state index in [0.717, 1.165) is 38.0 Å². The van der Waals surface area contributed by atoms with E-state index in [9.17, 15) is 14.3 Å². The Labute approximate surface area is 133 Å². The smallest absolute Gasteiger partial charge is 0.309 e. The van der Waals surface area contributed by atoms with Crippen molar-refractivity contribution < 1.29 is 14.3 Å². The molecule has 1 aliphatic rings.